The van der Waals surface area contributed by atoms with Gasteiger partial charge in [-0.1, -0.05) is 39.8 Å². The Morgan fingerprint density at radius 3 is 2.35 bits per heavy atom. The van der Waals surface area contributed by atoms with E-state index in [-0.39, 0.29) is 23.5 Å². The Kier molecular flexibility index (Phi) is 6.82. The van der Waals surface area contributed by atoms with Gasteiger partial charge in [0.05, 0.1) is 11.8 Å². The summed E-state index contributed by atoms with van der Waals surface area (Å²) >= 11 is 0. The summed E-state index contributed by atoms with van der Waals surface area (Å²) < 4.78 is 33.7. The first-order valence-electron chi connectivity index (χ1n) is 12.6. The van der Waals surface area contributed by atoms with Gasteiger partial charge in [0.25, 0.3) is 0 Å². The topological polar surface area (TPSA) is 80.6 Å². The number of anilines is 1. The average Bonchev–Trinajstić information content (AvgIpc) is 3.52. The Labute approximate surface area is 215 Å². The van der Waals surface area contributed by atoms with Crippen LogP contribution in [0, 0.1) is 0 Å². The lowest BCUT2D eigenvalue weighted by atomic mass is 9.92. The Morgan fingerprint density at radius 2 is 1.78 bits per heavy atom. The second kappa shape index (κ2) is 9.47. The fourth-order valence-corrected chi connectivity index (χ4v) is 4.89. The fourth-order valence-electron chi connectivity index (χ4n) is 4.89. The molecule has 4 rings (SSSR count). The zero-order valence-electron chi connectivity index (χ0n) is 22.0. The number of aliphatic carboxylic acids is 1. The van der Waals surface area contributed by atoms with Crippen LogP contribution in [0.4, 0.5) is 14.5 Å². The molecule has 1 saturated carbocycles. The van der Waals surface area contributed by atoms with Crippen molar-refractivity contribution in [2.24, 2.45) is 0 Å². The maximum atomic E-state index is 13.4. The summed E-state index contributed by atoms with van der Waals surface area (Å²) in [5.41, 5.74) is 3.14. The van der Waals surface area contributed by atoms with Crippen LogP contribution < -0.4 is 10.1 Å². The zero-order valence-corrected chi connectivity index (χ0v) is 22.0. The van der Waals surface area contributed by atoms with Crippen molar-refractivity contribution >= 4 is 28.5 Å². The fraction of sp³-hybridized carbons (Fsp3) is 0.448. The summed E-state index contributed by atoms with van der Waals surface area (Å²) in [4.78, 5) is 24.6. The number of rotatable bonds is 9. The van der Waals surface area contributed by atoms with Crippen LogP contribution in [0.2, 0.25) is 0 Å². The van der Waals surface area contributed by atoms with Gasteiger partial charge in [-0.05, 0) is 60.7 Å². The number of carbonyl (C=O) groups is 2. The molecule has 0 bridgehead atoms. The van der Waals surface area contributed by atoms with E-state index in [1.807, 2.05) is 29.7 Å². The summed E-state index contributed by atoms with van der Waals surface area (Å²) in [6, 6.07) is 12.7. The minimum atomic E-state index is -3.28. The Morgan fingerprint density at radius 1 is 1.08 bits per heavy atom. The minimum absolute atomic E-state index is 0.0212. The van der Waals surface area contributed by atoms with Gasteiger partial charge in [0, 0.05) is 41.2 Å². The molecule has 2 N–H and O–H groups in total. The van der Waals surface area contributed by atoms with Gasteiger partial charge >= 0.3 is 12.1 Å². The van der Waals surface area contributed by atoms with Gasteiger partial charge in [-0.25, -0.2) is 0 Å². The third-order valence-electron chi connectivity index (χ3n) is 6.94. The molecule has 1 heterocycles. The molecule has 198 valence electrons. The molecule has 37 heavy (non-hydrogen) atoms. The molecule has 1 aromatic heterocycles. The van der Waals surface area contributed by atoms with E-state index in [2.05, 4.69) is 32.2 Å². The number of fused-ring (bicyclic) bond motifs is 1. The number of halogens is 2. The maximum Gasteiger partial charge on any atom is 0.394 e. The summed E-state index contributed by atoms with van der Waals surface area (Å²) in [6.07, 6.45) is -1.41. The number of nitrogens with zero attached hydrogens (tertiary/aromatic N) is 1. The lowest BCUT2D eigenvalue weighted by Gasteiger charge is -2.22. The van der Waals surface area contributed by atoms with Crippen molar-refractivity contribution in [2.75, 3.05) is 5.32 Å². The average molecular weight is 513 g/mol. The van der Waals surface area contributed by atoms with Crippen molar-refractivity contribution in [2.45, 2.75) is 83.8 Å². The predicted octanol–water partition coefficient (Wildman–Crippen LogP) is 6.64. The Bertz CT molecular complexity index is 1340. The van der Waals surface area contributed by atoms with E-state index >= 15 is 0 Å². The number of carboxylic acid groups (broad SMARTS) is 1. The first-order valence-corrected chi connectivity index (χ1v) is 12.6. The van der Waals surface area contributed by atoms with E-state index in [9.17, 15) is 23.5 Å². The summed E-state index contributed by atoms with van der Waals surface area (Å²) in [5, 5.41) is 13.2. The van der Waals surface area contributed by atoms with Crippen LogP contribution in [0.3, 0.4) is 0 Å². The third kappa shape index (κ3) is 5.63. The predicted molar refractivity (Wildman–Crippen MR) is 140 cm³/mol. The molecule has 1 aliphatic rings. The molecule has 3 aromatic rings. The molecule has 0 atom stereocenters. The van der Waals surface area contributed by atoms with E-state index in [0.717, 1.165) is 22.2 Å². The summed E-state index contributed by atoms with van der Waals surface area (Å²) in [5.74, 6) is -0.859. The molecule has 2 aromatic carbocycles. The first-order chi connectivity index (χ1) is 17.2. The van der Waals surface area contributed by atoms with Crippen LogP contribution in [0.1, 0.15) is 70.7 Å². The number of carbonyl (C=O) groups excluding carboxylic acids is 1. The number of hydrogen-bond acceptors (Lipinski definition) is 3. The largest absolute Gasteiger partial charge is 0.481 e. The molecule has 6 nitrogen and oxygen atoms in total. The van der Waals surface area contributed by atoms with Gasteiger partial charge in [0.1, 0.15) is 5.75 Å². The minimum Gasteiger partial charge on any atom is -0.481 e. The van der Waals surface area contributed by atoms with E-state index in [4.69, 9.17) is 4.74 Å². The molecule has 0 unspecified atom stereocenters. The number of aryl methyl sites for hydroxylation is 2. The first kappa shape index (κ1) is 26.6. The smallest absolute Gasteiger partial charge is 0.394 e. The van der Waals surface area contributed by atoms with Crippen LogP contribution in [-0.4, -0.2) is 27.7 Å². The van der Waals surface area contributed by atoms with E-state index < -0.39 is 17.5 Å². The molecule has 0 radical (unpaired) electrons. The third-order valence-corrected chi connectivity index (χ3v) is 6.94. The van der Waals surface area contributed by atoms with Crippen LogP contribution >= 0.6 is 0 Å². The van der Waals surface area contributed by atoms with Crippen LogP contribution in [0.5, 0.6) is 5.75 Å². The number of amides is 1. The Balaban J connectivity index is 1.60. The standard InChI is InChI=1S/C29H34F2N2O4/c1-6-18-15-20(7-10-23(18)37-28(5,30)31)29(12-13-29)26(36)32-21-8-9-22-19(16-21)17-24(27(2,3)4)33(22)14-11-25(34)35/h7-10,15-17H,6,11-14H2,1-5H3,(H,32,36)(H,34,35). The number of carboxylic acids is 1. The number of alkyl halides is 2. The maximum absolute atomic E-state index is 13.4. The highest BCUT2D eigenvalue weighted by molar-refractivity contribution is 6.02. The van der Waals surface area contributed by atoms with E-state index in [0.29, 0.717) is 44.0 Å². The molecular formula is C29H34F2N2O4. The normalized spacial score (nSPS) is 15.0. The Hall–Kier alpha value is -3.42. The quantitative estimate of drug-likeness (QED) is 0.337. The van der Waals surface area contributed by atoms with Gasteiger partial charge in [0.2, 0.25) is 5.91 Å². The highest BCUT2D eigenvalue weighted by Gasteiger charge is 2.51. The SMILES string of the molecule is CCc1cc(C2(C(=O)Nc3ccc4c(c3)cc(C(C)(C)C)n4CCC(=O)O)CC2)ccc1OC(C)(F)F. The number of nitrogens with one attached hydrogen (secondary N) is 1. The number of benzene rings is 2. The molecule has 8 heteroatoms. The van der Waals surface area contributed by atoms with Crippen molar-refractivity contribution in [3.8, 4) is 5.75 Å². The molecular weight excluding hydrogens is 478 g/mol. The van der Waals surface area contributed by atoms with Gasteiger partial charge < -0.3 is 19.7 Å². The summed E-state index contributed by atoms with van der Waals surface area (Å²) in [6.45, 7) is 9.19. The van der Waals surface area contributed by atoms with Crippen LogP contribution in [-0.2, 0) is 33.4 Å². The van der Waals surface area contributed by atoms with Crippen LogP contribution in [0.25, 0.3) is 10.9 Å². The summed E-state index contributed by atoms with van der Waals surface area (Å²) in [7, 11) is 0. The number of ether oxygens (including phenoxy) is 1. The lowest BCUT2D eigenvalue weighted by molar-refractivity contribution is -0.159. The van der Waals surface area contributed by atoms with Crippen molar-refractivity contribution in [1.82, 2.24) is 4.57 Å². The monoisotopic (exact) mass is 512 g/mol. The molecule has 0 spiro atoms. The van der Waals surface area contributed by atoms with E-state index in [1.165, 1.54) is 6.07 Å². The molecule has 0 saturated heterocycles. The van der Waals surface area contributed by atoms with Crippen molar-refractivity contribution in [3.05, 3.63) is 59.3 Å². The second-order valence-electron chi connectivity index (χ2n) is 11.0. The zero-order chi connectivity index (χ0) is 27.2. The van der Waals surface area contributed by atoms with Crippen molar-refractivity contribution in [1.29, 1.82) is 0 Å². The van der Waals surface area contributed by atoms with Gasteiger partial charge in [-0.2, -0.15) is 8.78 Å². The van der Waals surface area contributed by atoms with Gasteiger partial charge in [-0.15, -0.1) is 0 Å². The highest BCUT2D eigenvalue weighted by atomic mass is 19.3. The molecule has 1 amide bonds. The van der Waals surface area contributed by atoms with E-state index in [1.54, 1.807) is 12.1 Å². The van der Waals surface area contributed by atoms with Gasteiger partial charge in [-0.3, -0.25) is 9.59 Å². The van der Waals surface area contributed by atoms with Gasteiger partial charge in [0.15, 0.2) is 0 Å². The number of aromatic nitrogens is 1. The molecule has 1 fully saturated rings. The molecule has 1 aliphatic carbocycles. The van der Waals surface area contributed by atoms with Crippen LogP contribution in [0.15, 0.2) is 42.5 Å². The highest BCUT2D eigenvalue weighted by Crippen LogP contribution is 2.50. The van der Waals surface area contributed by atoms with Crippen molar-refractivity contribution < 1.29 is 28.2 Å². The second-order valence-corrected chi connectivity index (χ2v) is 11.0. The molecule has 0 aliphatic heterocycles. The number of hydrogen-bond donors (Lipinski definition) is 2. The lowest BCUT2D eigenvalue weighted by Crippen LogP contribution is -2.28. The van der Waals surface area contributed by atoms with Crippen molar-refractivity contribution in [3.63, 3.8) is 0 Å².